The Hall–Kier alpha value is -7.75. The molecule has 0 saturated carbocycles. The summed E-state index contributed by atoms with van der Waals surface area (Å²) in [7, 11) is 0. The fourth-order valence-corrected chi connectivity index (χ4v) is 7.84. The highest BCUT2D eigenvalue weighted by Gasteiger charge is 2.43. The van der Waals surface area contributed by atoms with E-state index in [2.05, 4.69) is 0 Å². The molecule has 0 saturated heterocycles. The lowest BCUT2D eigenvalue weighted by atomic mass is 9.90. The molecule has 0 aliphatic rings. The second-order valence-electron chi connectivity index (χ2n) is 15.0. The summed E-state index contributed by atoms with van der Waals surface area (Å²) in [4.78, 5) is 0. The van der Waals surface area contributed by atoms with E-state index in [1.54, 1.807) is 0 Å². The molecule has 8 aromatic rings. The van der Waals surface area contributed by atoms with E-state index in [-0.39, 0.29) is 0 Å². The van der Waals surface area contributed by atoms with Crippen molar-refractivity contribution in [1.29, 1.82) is 0 Å². The third kappa shape index (κ3) is 6.67. The predicted octanol–water partition coefficient (Wildman–Crippen LogP) is 16.7. The van der Waals surface area contributed by atoms with Crippen molar-refractivity contribution < 1.29 is 127 Å². The SMILES string of the molecule is Cc1c(F)c(F)c2c(F)c(-c3c(F)c(F)c(-c4c(F)c(F)c(-c5c(F)c(F)c(-c6c(F)c(F)c(-c7c(F)c(F)c8c(F)c(F)c(F)c(F)c8c7F)c(F)c6F)c(F)c5F)c(F)c4F)c(F)c3F)c(F)c(F)c2c1F. The highest BCUT2D eigenvalue weighted by atomic mass is 19.2. The monoisotopic (exact) mass is 1090 g/mol. The van der Waals surface area contributed by atoms with Crippen molar-refractivity contribution in [2.75, 3.05) is 0 Å². The molecule has 0 N–H and O–H groups in total. The van der Waals surface area contributed by atoms with Crippen LogP contribution in [0, 0.1) is 176 Å². The number of hydrogen-bond acceptors (Lipinski definition) is 0. The van der Waals surface area contributed by atoms with Gasteiger partial charge in [0.2, 0.25) is 0 Å². The van der Waals surface area contributed by atoms with E-state index in [4.69, 9.17) is 0 Å². The van der Waals surface area contributed by atoms with Gasteiger partial charge in [0.05, 0.1) is 77.2 Å². The minimum atomic E-state index is -3.54. The van der Waals surface area contributed by atoms with Gasteiger partial charge in [-0.1, -0.05) is 0 Å². The zero-order chi connectivity index (χ0) is 55.4. The molecule has 386 valence electrons. The van der Waals surface area contributed by atoms with Gasteiger partial charge in [-0.15, -0.1) is 0 Å². The Morgan fingerprint density at radius 1 is 0.122 bits per heavy atom. The summed E-state index contributed by atoms with van der Waals surface area (Å²) < 4.78 is 441. The van der Waals surface area contributed by atoms with Gasteiger partial charge in [0.15, 0.2) is 151 Å². The average molecular weight is 1090 g/mol. The van der Waals surface area contributed by atoms with Crippen LogP contribution in [0.25, 0.3) is 77.2 Å². The van der Waals surface area contributed by atoms with Gasteiger partial charge in [0.25, 0.3) is 0 Å². The van der Waals surface area contributed by atoms with Crippen LogP contribution in [-0.4, -0.2) is 0 Å². The zero-order valence-corrected chi connectivity index (χ0v) is 34.0. The van der Waals surface area contributed by atoms with Gasteiger partial charge in [-0.2, -0.15) is 0 Å². The number of hydrogen-bond donors (Lipinski definition) is 0. The Labute approximate surface area is 385 Å². The lowest BCUT2D eigenvalue weighted by Gasteiger charge is -2.19. The van der Waals surface area contributed by atoms with Crippen LogP contribution in [0.1, 0.15) is 5.56 Å². The summed E-state index contributed by atoms with van der Waals surface area (Å²) >= 11 is 0. The summed E-state index contributed by atoms with van der Waals surface area (Å²) in [6.45, 7) is 0.393. The van der Waals surface area contributed by atoms with Crippen LogP contribution in [0.5, 0.6) is 0 Å². The average Bonchev–Trinajstić information content (AvgIpc) is 3.35. The first-order valence-corrected chi connectivity index (χ1v) is 18.7. The molecule has 0 atom stereocenters. The van der Waals surface area contributed by atoms with Gasteiger partial charge in [-0.05, 0) is 6.92 Å². The molecule has 0 heterocycles. The summed E-state index contributed by atoms with van der Waals surface area (Å²) in [5.41, 5.74) is -31.5. The van der Waals surface area contributed by atoms with Crippen LogP contribution >= 0.6 is 0 Å². The number of benzene rings is 8. The van der Waals surface area contributed by atoms with Crippen molar-refractivity contribution in [1.82, 2.24) is 0 Å². The van der Waals surface area contributed by atoms with Crippen LogP contribution in [0.4, 0.5) is 127 Å². The van der Waals surface area contributed by atoms with Crippen molar-refractivity contribution in [2.45, 2.75) is 6.92 Å². The molecule has 0 spiro atoms. The molecule has 29 heteroatoms. The largest absolute Gasteiger partial charge is 0.206 e. The summed E-state index contributed by atoms with van der Waals surface area (Å²) in [5.74, 6) is -92.7. The second-order valence-corrected chi connectivity index (χ2v) is 15.0. The summed E-state index contributed by atoms with van der Waals surface area (Å²) in [6.07, 6.45) is 0. The fourth-order valence-electron chi connectivity index (χ4n) is 7.84. The van der Waals surface area contributed by atoms with Crippen LogP contribution in [-0.2, 0) is 0 Å². The van der Waals surface area contributed by atoms with E-state index in [0.717, 1.165) is 0 Å². The molecule has 0 radical (unpaired) electrons. The fraction of sp³-hybridized carbons (Fsp3) is 0.0222. The Balaban J connectivity index is 1.32. The minimum Gasteiger partial charge on any atom is -0.206 e. The standard InChI is InChI=1S/C45H3F29/c1-2-17(46)3-4(21(50)18(2)47)19(48)5(23(52)22(3)51)8-25(54)30(59)11(31(60)26(8)55)13-34(63)38(67)15(39(68)35(13)64)16-40(69)36(65)14(37(66)41(16)70)12-32(61)27(56)9(28(57)33(12)62)6-20(49)7-10(29(58)24(6)53)43(72)45(74)44(73)42(7)71/h1H3. The molecule has 0 amide bonds. The predicted molar refractivity (Wildman–Crippen MR) is 192 cm³/mol. The van der Waals surface area contributed by atoms with E-state index >= 15 is 92.2 Å². The molecule has 0 bridgehead atoms. The quantitative estimate of drug-likeness (QED) is 0.0915. The van der Waals surface area contributed by atoms with E-state index in [9.17, 15) is 35.1 Å². The Kier molecular flexibility index (Phi) is 12.4. The highest BCUT2D eigenvalue weighted by Crippen LogP contribution is 2.49. The van der Waals surface area contributed by atoms with E-state index < -0.39 is 251 Å². The lowest BCUT2D eigenvalue weighted by molar-refractivity contribution is 0.412. The third-order valence-electron chi connectivity index (χ3n) is 11.3. The van der Waals surface area contributed by atoms with Crippen molar-refractivity contribution in [3.05, 3.63) is 174 Å². The molecule has 0 fully saturated rings. The first-order chi connectivity index (χ1) is 34.3. The van der Waals surface area contributed by atoms with Crippen LogP contribution in [0.2, 0.25) is 0 Å². The molecule has 8 rings (SSSR count). The first kappa shape index (κ1) is 52.6. The van der Waals surface area contributed by atoms with E-state index in [0.29, 0.717) is 6.92 Å². The van der Waals surface area contributed by atoms with Gasteiger partial charge in [-0.25, -0.2) is 127 Å². The molecular formula is C45H3F29. The van der Waals surface area contributed by atoms with Crippen molar-refractivity contribution in [3.8, 4) is 55.6 Å². The smallest absolute Gasteiger partial charge is 0.198 e. The van der Waals surface area contributed by atoms with Crippen molar-refractivity contribution in [2.24, 2.45) is 0 Å². The van der Waals surface area contributed by atoms with Crippen LogP contribution in [0.15, 0.2) is 0 Å². The Morgan fingerprint density at radius 3 is 0.446 bits per heavy atom. The minimum absolute atomic E-state index is 0.393. The second kappa shape index (κ2) is 17.4. The van der Waals surface area contributed by atoms with Crippen LogP contribution < -0.4 is 0 Å². The van der Waals surface area contributed by atoms with Gasteiger partial charge in [0.1, 0.15) is 17.5 Å². The van der Waals surface area contributed by atoms with Crippen molar-refractivity contribution in [3.63, 3.8) is 0 Å². The van der Waals surface area contributed by atoms with Gasteiger partial charge in [-0.3, -0.25) is 0 Å². The molecule has 0 aliphatic carbocycles. The molecule has 0 aliphatic heterocycles. The number of fused-ring (bicyclic) bond motifs is 2. The molecule has 0 nitrogen and oxygen atoms in total. The molecular weight excluding hydrogens is 1090 g/mol. The third-order valence-corrected chi connectivity index (χ3v) is 11.3. The number of halogens is 29. The van der Waals surface area contributed by atoms with Gasteiger partial charge in [0, 0.05) is 5.56 Å². The summed E-state index contributed by atoms with van der Waals surface area (Å²) in [6, 6.07) is 0. The molecule has 8 aromatic carbocycles. The number of rotatable bonds is 5. The van der Waals surface area contributed by atoms with Crippen LogP contribution in [0.3, 0.4) is 0 Å². The van der Waals surface area contributed by atoms with E-state index in [1.807, 2.05) is 0 Å². The normalized spacial score (nSPS) is 11.9. The highest BCUT2D eigenvalue weighted by molar-refractivity contribution is 5.93. The Bertz CT molecular complexity index is 3580. The van der Waals surface area contributed by atoms with Gasteiger partial charge < -0.3 is 0 Å². The molecule has 0 aromatic heterocycles. The Morgan fingerprint density at radius 2 is 0.243 bits per heavy atom. The molecule has 0 unspecified atom stereocenters. The lowest BCUT2D eigenvalue weighted by Crippen LogP contribution is -2.13. The van der Waals surface area contributed by atoms with Crippen molar-refractivity contribution >= 4 is 21.5 Å². The maximum Gasteiger partial charge on any atom is 0.198 e. The maximum atomic E-state index is 15.7. The topological polar surface area (TPSA) is 0 Å². The first-order valence-electron chi connectivity index (χ1n) is 18.7. The van der Waals surface area contributed by atoms with E-state index in [1.165, 1.54) is 0 Å². The summed E-state index contributed by atoms with van der Waals surface area (Å²) in [5, 5.41) is -9.41. The molecule has 74 heavy (non-hydrogen) atoms. The van der Waals surface area contributed by atoms with Gasteiger partial charge >= 0.3 is 0 Å². The zero-order valence-electron chi connectivity index (χ0n) is 34.0. The maximum absolute atomic E-state index is 15.7.